The minimum atomic E-state index is -0.441. The van der Waals surface area contributed by atoms with E-state index < -0.39 is 4.92 Å². The highest BCUT2D eigenvalue weighted by atomic mass is 79.9. The average molecular weight is 331 g/mol. The molecule has 7 heteroatoms. The van der Waals surface area contributed by atoms with E-state index in [9.17, 15) is 10.1 Å². The Hall–Kier alpha value is -1.34. The summed E-state index contributed by atoms with van der Waals surface area (Å²) in [6.45, 7) is 1.32. The molecule has 1 atom stereocenters. The van der Waals surface area contributed by atoms with Crippen LogP contribution in [0.3, 0.4) is 0 Å². The van der Waals surface area contributed by atoms with E-state index in [4.69, 9.17) is 9.47 Å². The lowest BCUT2D eigenvalue weighted by Crippen LogP contribution is -2.19. The highest BCUT2D eigenvalue weighted by Gasteiger charge is 2.23. The van der Waals surface area contributed by atoms with Crippen molar-refractivity contribution in [1.82, 2.24) is 0 Å². The van der Waals surface area contributed by atoms with Gasteiger partial charge >= 0.3 is 5.69 Å². The number of nitro benzene ring substituents is 1. The van der Waals surface area contributed by atoms with Gasteiger partial charge in [-0.15, -0.1) is 0 Å². The summed E-state index contributed by atoms with van der Waals surface area (Å²) in [5, 5.41) is 14.2. The number of rotatable bonds is 5. The molecular formula is C12H15BrN2O4. The van der Waals surface area contributed by atoms with Crippen LogP contribution in [-0.4, -0.2) is 31.3 Å². The number of methoxy groups -OCH3 is 1. The number of nitrogens with one attached hydrogen (secondary N) is 1. The molecule has 1 aliphatic heterocycles. The van der Waals surface area contributed by atoms with Gasteiger partial charge in [-0.1, -0.05) is 15.9 Å². The molecule has 0 radical (unpaired) electrons. The van der Waals surface area contributed by atoms with E-state index in [1.807, 2.05) is 0 Å². The predicted molar refractivity (Wildman–Crippen MR) is 74.8 cm³/mol. The van der Waals surface area contributed by atoms with Crippen LogP contribution in [0.4, 0.5) is 11.4 Å². The second-order valence-electron chi connectivity index (χ2n) is 4.28. The van der Waals surface area contributed by atoms with Crippen LogP contribution in [0.1, 0.15) is 12.8 Å². The SMILES string of the molecule is COc1cc(Br)cc(NC[C@@H]2CCCO2)c1[N+](=O)[O-]. The molecule has 1 aromatic rings. The van der Waals surface area contributed by atoms with Gasteiger partial charge in [-0.3, -0.25) is 10.1 Å². The molecular weight excluding hydrogens is 316 g/mol. The molecule has 19 heavy (non-hydrogen) atoms. The molecule has 0 bridgehead atoms. The van der Waals surface area contributed by atoms with Crippen molar-refractivity contribution in [2.75, 3.05) is 25.6 Å². The highest BCUT2D eigenvalue weighted by molar-refractivity contribution is 9.10. The van der Waals surface area contributed by atoms with E-state index in [0.29, 0.717) is 12.2 Å². The standard InChI is InChI=1S/C12H15BrN2O4/c1-18-11-6-8(13)5-10(12(11)15(16)17)14-7-9-3-2-4-19-9/h5-6,9,14H,2-4,7H2,1H3/t9-/m0/s1. The van der Waals surface area contributed by atoms with E-state index >= 15 is 0 Å². The average Bonchev–Trinajstić information content (AvgIpc) is 2.88. The molecule has 1 aromatic carbocycles. The van der Waals surface area contributed by atoms with Crippen LogP contribution in [0, 0.1) is 10.1 Å². The third kappa shape index (κ3) is 3.36. The zero-order chi connectivity index (χ0) is 13.8. The van der Waals surface area contributed by atoms with Crippen molar-refractivity contribution in [1.29, 1.82) is 0 Å². The van der Waals surface area contributed by atoms with Crippen LogP contribution in [-0.2, 0) is 4.74 Å². The quantitative estimate of drug-likeness (QED) is 0.663. The van der Waals surface area contributed by atoms with Crippen molar-refractivity contribution in [3.8, 4) is 5.75 Å². The zero-order valence-corrected chi connectivity index (χ0v) is 12.1. The summed E-state index contributed by atoms with van der Waals surface area (Å²) in [6, 6.07) is 3.25. The van der Waals surface area contributed by atoms with E-state index in [2.05, 4.69) is 21.2 Å². The summed E-state index contributed by atoms with van der Waals surface area (Å²) < 4.78 is 11.3. The number of hydrogen-bond donors (Lipinski definition) is 1. The molecule has 1 N–H and O–H groups in total. The van der Waals surface area contributed by atoms with Gasteiger partial charge in [0, 0.05) is 23.7 Å². The second kappa shape index (κ2) is 6.21. The van der Waals surface area contributed by atoms with E-state index in [1.165, 1.54) is 7.11 Å². The van der Waals surface area contributed by atoms with Gasteiger partial charge in [0.25, 0.3) is 0 Å². The lowest BCUT2D eigenvalue weighted by Gasteiger charge is -2.13. The molecule has 0 aliphatic carbocycles. The summed E-state index contributed by atoms with van der Waals surface area (Å²) in [7, 11) is 1.42. The summed E-state index contributed by atoms with van der Waals surface area (Å²) in [6.07, 6.45) is 2.13. The summed E-state index contributed by atoms with van der Waals surface area (Å²) in [5.41, 5.74) is 0.385. The Labute approximate surface area is 119 Å². The monoisotopic (exact) mass is 330 g/mol. The molecule has 0 saturated carbocycles. The third-order valence-corrected chi connectivity index (χ3v) is 3.44. The van der Waals surface area contributed by atoms with Crippen molar-refractivity contribution >= 4 is 27.3 Å². The number of hydrogen-bond acceptors (Lipinski definition) is 5. The summed E-state index contributed by atoms with van der Waals surface area (Å²) in [4.78, 5) is 10.7. The van der Waals surface area contributed by atoms with Crippen LogP contribution in [0.25, 0.3) is 0 Å². The zero-order valence-electron chi connectivity index (χ0n) is 10.5. The minimum absolute atomic E-state index is 0.0521. The first kappa shape index (κ1) is 14.1. The van der Waals surface area contributed by atoms with Gasteiger partial charge in [-0.25, -0.2) is 0 Å². The maximum Gasteiger partial charge on any atom is 0.333 e. The highest BCUT2D eigenvalue weighted by Crippen LogP contribution is 2.38. The Morgan fingerprint density at radius 3 is 3.00 bits per heavy atom. The second-order valence-corrected chi connectivity index (χ2v) is 5.19. The first-order valence-electron chi connectivity index (χ1n) is 5.99. The van der Waals surface area contributed by atoms with Crippen LogP contribution in [0.2, 0.25) is 0 Å². The van der Waals surface area contributed by atoms with Crippen molar-refractivity contribution in [3.05, 3.63) is 26.7 Å². The maximum atomic E-state index is 11.1. The van der Waals surface area contributed by atoms with Gasteiger partial charge in [0.05, 0.1) is 18.1 Å². The smallest absolute Gasteiger partial charge is 0.333 e. The third-order valence-electron chi connectivity index (χ3n) is 2.99. The number of benzene rings is 1. The normalized spacial score (nSPS) is 18.3. The molecule has 6 nitrogen and oxygen atoms in total. The first-order chi connectivity index (χ1) is 9.11. The lowest BCUT2D eigenvalue weighted by molar-refractivity contribution is -0.384. The Morgan fingerprint density at radius 1 is 1.63 bits per heavy atom. The molecule has 0 unspecified atom stereocenters. The number of halogens is 1. The number of ether oxygens (including phenoxy) is 2. The number of nitro groups is 1. The van der Waals surface area contributed by atoms with Gasteiger partial charge < -0.3 is 14.8 Å². The Kier molecular flexibility index (Phi) is 4.60. The molecule has 0 spiro atoms. The van der Waals surface area contributed by atoms with Crippen LogP contribution >= 0.6 is 15.9 Å². The van der Waals surface area contributed by atoms with Crippen molar-refractivity contribution in [2.24, 2.45) is 0 Å². The van der Waals surface area contributed by atoms with Gasteiger partial charge in [0.2, 0.25) is 0 Å². The van der Waals surface area contributed by atoms with Gasteiger partial charge in [0.15, 0.2) is 5.75 Å². The van der Waals surface area contributed by atoms with Gasteiger partial charge in [0.1, 0.15) is 5.69 Å². The molecule has 1 fully saturated rings. The summed E-state index contributed by atoms with van der Waals surface area (Å²) in [5.74, 6) is 0.231. The lowest BCUT2D eigenvalue weighted by atomic mass is 10.2. The topological polar surface area (TPSA) is 73.6 Å². The maximum absolute atomic E-state index is 11.1. The largest absolute Gasteiger partial charge is 0.490 e. The van der Waals surface area contributed by atoms with Crippen LogP contribution in [0.15, 0.2) is 16.6 Å². The fraction of sp³-hybridized carbons (Fsp3) is 0.500. The van der Waals surface area contributed by atoms with Crippen molar-refractivity contribution < 1.29 is 14.4 Å². The number of nitrogens with zero attached hydrogens (tertiary/aromatic N) is 1. The molecule has 104 valence electrons. The molecule has 1 aliphatic rings. The fourth-order valence-electron chi connectivity index (χ4n) is 2.08. The van der Waals surface area contributed by atoms with Crippen molar-refractivity contribution in [2.45, 2.75) is 18.9 Å². The van der Waals surface area contributed by atoms with Gasteiger partial charge in [-0.2, -0.15) is 0 Å². The predicted octanol–water partition coefficient (Wildman–Crippen LogP) is 2.96. The Balaban J connectivity index is 2.21. The Bertz CT molecular complexity index is 475. The molecule has 2 rings (SSSR count). The van der Waals surface area contributed by atoms with E-state index in [-0.39, 0.29) is 17.5 Å². The summed E-state index contributed by atoms with van der Waals surface area (Å²) >= 11 is 3.32. The molecule has 0 aromatic heterocycles. The van der Waals surface area contributed by atoms with Crippen molar-refractivity contribution in [3.63, 3.8) is 0 Å². The van der Waals surface area contributed by atoms with Gasteiger partial charge in [-0.05, 0) is 18.9 Å². The minimum Gasteiger partial charge on any atom is -0.490 e. The first-order valence-corrected chi connectivity index (χ1v) is 6.78. The molecule has 0 amide bonds. The number of anilines is 1. The van der Waals surface area contributed by atoms with E-state index in [1.54, 1.807) is 12.1 Å². The fourth-order valence-corrected chi connectivity index (χ4v) is 2.52. The molecule has 1 heterocycles. The molecule has 1 saturated heterocycles. The van der Waals surface area contributed by atoms with E-state index in [0.717, 1.165) is 23.9 Å². The van der Waals surface area contributed by atoms with Crippen LogP contribution in [0.5, 0.6) is 5.75 Å². The van der Waals surface area contributed by atoms with Crippen LogP contribution < -0.4 is 10.1 Å². The Morgan fingerprint density at radius 2 is 2.42 bits per heavy atom.